The number of benzene rings is 1. The number of halogens is 1. The number of hydrogen-bond donors (Lipinski definition) is 2. The van der Waals surface area contributed by atoms with E-state index in [0.717, 1.165) is 50.1 Å². The highest BCUT2D eigenvalue weighted by molar-refractivity contribution is 14.0. The summed E-state index contributed by atoms with van der Waals surface area (Å²) in [6.45, 7) is 9.08. The summed E-state index contributed by atoms with van der Waals surface area (Å²) >= 11 is 1.81. The Bertz CT molecular complexity index is 772. The zero-order valence-electron chi connectivity index (χ0n) is 18.0. The number of nitrogens with zero attached hydrogens (tertiary/aromatic N) is 2. The van der Waals surface area contributed by atoms with Crippen molar-refractivity contribution < 1.29 is 9.47 Å². The maximum atomic E-state index is 5.74. The molecule has 3 rings (SSSR count). The number of hydrogen-bond acceptors (Lipinski definition) is 5. The summed E-state index contributed by atoms with van der Waals surface area (Å²) in [6.07, 6.45) is 0.263. The number of aliphatic imine (C=N–C) groups is 1. The standard InChI is InChI=1S/C22H32N4O2S.HI/c1-4-23-22(24-14-18-8-5-6-9-20(18)27-3)25-15-19(21-10-7-13-29-21)26-11-12-28-17(2)16-26;/h5-10,13,17,19H,4,11-12,14-16H2,1-3H3,(H2,23,24,25);1H. The van der Waals surface area contributed by atoms with E-state index in [1.165, 1.54) is 4.88 Å². The van der Waals surface area contributed by atoms with Gasteiger partial charge in [-0.15, -0.1) is 35.3 Å². The van der Waals surface area contributed by atoms with Gasteiger partial charge < -0.3 is 20.1 Å². The van der Waals surface area contributed by atoms with Crippen LogP contribution in [0.25, 0.3) is 0 Å². The van der Waals surface area contributed by atoms with Crippen LogP contribution in [0.1, 0.15) is 30.3 Å². The molecule has 2 heterocycles. The van der Waals surface area contributed by atoms with Gasteiger partial charge >= 0.3 is 0 Å². The molecule has 1 aliphatic heterocycles. The fourth-order valence-electron chi connectivity index (χ4n) is 3.55. The van der Waals surface area contributed by atoms with Crippen molar-refractivity contribution in [2.24, 2.45) is 4.99 Å². The fraction of sp³-hybridized carbons (Fsp3) is 0.500. The van der Waals surface area contributed by atoms with Crippen LogP contribution in [0.15, 0.2) is 46.8 Å². The van der Waals surface area contributed by atoms with Gasteiger partial charge in [0.15, 0.2) is 5.96 Å². The lowest BCUT2D eigenvalue weighted by atomic mass is 10.1. The molecule has 1 fully saturated rings. The molecule has 2 unspecified atom stereocenters. The number of para-hydroxylation sites is 1. The van der Waals surface area contributed by atoms with Gasteiger partial charge in [-0.05, 0) is 31.4 Å². The first-order valence-electron chi connectivity index (χ1n) is 10.2. The van der Waals surface area contributed by atoms with Crippen LogP contribution in [0.3, 0.4) is 0 Å². The van der Waals surface area contributed by atoms with Crippen molar-refractivity contribution in [3.05, 3.63) is 52.2 Å². The maximum Gasteiger partial charge on any atom is 0.191 e. The zero-order valence-corrected chi connectivity index (χ0v) is 21.1. The first-order valence-corrected chi connectivity index (χ1v) is 11.1. The molecule has 0 bridgehead atoms. The molecule has 0 radical (unpaired) electrons. The largest absolute Gasteiger partial charge is 0.496 e. The zero-order chi connectivity index (χ0) is 20.5. The van der Waals surface area contributed by atoms with Gasteiger partial charge in [-0.3, -0.25) is 4.90 Å². The Morgan fingerprint density at radius 2 is 2.13 bits per heavy atom. The third-order valence-corrected chi connectivity index (χ3v) is 5.97. The predicted octanol–water partition coefficient (Wildman–Crippen LogP) is 3.89. The summed E-state index contributed by atoms with van der Waals surface area (Å²) in [5.74, 6) is 1.69. The highest BCUT2D eigenvalue weighted by atomic mass is 127. The van der Waals surface area contributed by atoms with Crippen LogP contribution in [-0.4, -0.2) is 56.9 Å². The van der Waals surface area contributed by atoms with Crippen molar-refractivity contribution in [3.8, 4) is 5.75 Å². The summed E-state index contributed by atoms with van der Waals surface area (Å²) in [6, 6.07) is 12.7. The Labute approximate surface area is 201 Å². The number of rotatable bonds is 8. The molecule has 0 saturated carbocycles. The minimum Gasteiger partial charge on any atom is -0.496 e. The van der Waals surface area contributed by atoms with Crippen LogP contribution < -0.4 is 15.4 Å². The monoisotopic (exact) mass is 544 g/mol. The predicted molar refractivity (Wildman–Crippen MR) is 135 cm³/mol. The van der Waals surface area contributed by atoms with Gasteiger partial charge in [0.1, 0.15) is 5.75 Å². The Morgan fingerprint density at radius 3 is 2.83 bits per heavy atom. The first-order chi connectivity index (χ1) is 14.2. The van der Waals surface area contributed by atoms with Crippen molar-refractivity contribution in [1.29, 1.82) is 0 Å². The van der Waals surface area contributed by atoms with Gasteiger partial charge in [0.25, 0.3) is 0 Å². The molecule has 8 heteroatoms. The summed E-state index contributed by atoms with van der Waals surface area (Å²) in [5, 5.41) is 9.06. The average molecular weight is 545 g/mol. The minimum absolute atomic E-state index is 0. The second-order valence-corrected chi connectivity index (χ2v) is 8.07. The Morgan fingerprint density at radius 1 is 1.30 bits per heavy atom. The van der Waals surface area contributed by atoms with Crippen LogP contribution in [0.5, 0.6) is 5.75 Å². The fourth-order valence-corrected chi connectivity index (χ4v) is 4.41. The lowest BCUT2D eigenvalue weighted by Gasteiger charge is -2.37. The summed E-state index contributed by atoms with van der Waals surface area (Å²) in [4.78, 5) is 8.66. The molecule has 2 aromatic rings. The number of methoxy groups -OCH3 is 1. The minimum atomic E-state index is 0. The van der Waals surface area contributed by atoms with Gasteiger partial charge in [0.05, 0.1) is 32.4 Å². The molecule has 1 aromatic heterocycles. The average Bonchev–Trinajstić information content (AvgIpc) is 3.27. The molecule has 0 spiro atoms. The van der Waals surface area contributed by atoms with Gasteiger partial charge in [-0.1, -0.05) is 24.3 Å². The van der Waals surface area contributed by atoms with E-state index in [2.05, 4.69) is 53.0 Å². The van der Waals surface area contributed by atoms with E-state index in [0.29, 0.717) is 12.6 Å². The van der Waals surface area contributed by atoms with Crippen LogP contribution in [0.4, 0.5) is 0 Å². The second kappa shape index (κ2) is 13.1. The van der Waals surface area contributed by atoms with Crippen molar-refractivity contribution >= 4 is 41.3 Å². The first kappa shape index (κ1) is 24.9. The summed E-state index contributed by atoms with van der Waals surface area (Å²) < 4.78 is 11.2. The van der Waals surface area contributed by atoms with Gasteiger partial charge in [-0.25, -0.2) is 4.99 Å². The van der Waals surface area contributed by atoms with Crippen molar-refractivity contribution in [1.82, 2.24) is 15.5 Å². The topological polar surface area (TPSA) is 58.1 Å². The maximum absolute atomic E-state index is 5.74. The van der Waals surface area contributed by atoms with E-state index in [-0.39, 0.29) is 30.1 Å². The highest BCUT2D eigenvalue weighted by Crippen LogP contribution is 2.26. The lowest BCUT2D eigenvalue weighted by molar-refractivity contribution is -0.0334. The smallest absolute Gasteiger partial charge is 0.191 e. The molecule has 6 nitrogen and oxygen atoms in total. The highest BCUT2D eigenvalue weighted by Gasteiger charge is 2.26. The second-order valence-electron chi connectivity index (χ2n) is 7.10. The van der Waals surface area contributed by atoms with Gasteiger partial charge in [0, 0.05) is 36.6 Å². The van der Waals surface area contributed by atoms with Crippen molar-refractivity contribution in [3.63, 3.8) is 0 Å². The molecule has 30 heavy (non-hydrogen) atoms. The van der Waals surface area contributed by atoms with Crippen molar-refractivity contribution in [2.45, 2.75) is 32.5 Å². The van der Waals surface area contributed by atoms with Gasteiger partial charge in [0.2, 0.25) is 0 Å². The van der Waals surface area contributed by atoms with E-state index in [1.807, 2.05) is 18.2 Å². The molecule has 2 N–H and O–H groups in total. The normalized spacial score (nSPS) is 18.4. The number of nitrogens with one attached hydrogen (secondary N) is 2. The molecule has 1 saturated heterocycles. The van der Waals surface area contributed by atoms with E-state index in [9.17, 15) is 0 Å². The van der Waals surface area contributed by atoms with E-state index >= 15 is 0 Å². The molecular weight excluding hydrogens is 511 g/mol. The van der Waals surface area contributed by atoms with Gasteiger partial charge in [-0.2, -0.15) is 0 Å². The number of guanidine groups is 1. The molecule has 166 valence electrons. The molecule has 0 aliphatic carbocycles. The van der Waals surface area contributed by atoms with E-state index in [4.69, 9.17) is 14.5 Å². The van der Waals surface area contributed by atoms with Crippen molar-refractivity contribution in [2.75, 3.05) is 39.9 Å². The molecule has 1 aromatic carbocycles. The van der Waals surface area contributed by atoms with E-state index < -0.39 is 0 Å². The number of ether oxygens (including phenoxy) is 2. The summed E-state index contributed by atoms with van der Waals surface area (Å²) in [5.41, 5.74) is 1.07. The lowest BCUT2D eigenvalue weighted by Crippen LogP contribution is -2.48. The Hall–Kier alpha value is -1.36. The van der Waals surface area contributed by atoms with Crippen LogP contribution >= 0.6 is 35.3 Å². The molecule has 1 aliphatic rings. The van der Waals surface area contributed by atoms with E-state index in [1.54, 1.807) is 18.4 Å². The quantitative estimate of drug-likeness (QED) is 0.300. The molecule has 0 amide bonds. The van der Waals surface area contributed by atoms with Crippen LogP contribution in [-0.2, 0) is 11.3 Å². The third-order valence-electron chi connectivity index (χ3n) is 4.99. The Kier molecular flexibility index (Phi) is 10.9. The Balaban J connectivity index is 0.00000320. The SMILES string of the molecule is CCNC(=NCc1ccccc1OC)NCC(c1cccs1)N1CCOC(C)C1.I. The number of thiophene rings is 1. The van der Waals surface area contributed by atoms with Crippen LogP contribution in [0, 0.1) is 0 Å². The molecular formula is C22H33IN4O2S. The third kappa shape index (κ3) is 7.11. The summed E-state index contributed by atoms with van der Waals surface area (Å²) in [7, 11) is 1.70. The van der Waals surface area contributed by atoms with Crippen LogP contribution in [0.2, 0.25) is 0 Å². The molecule has 2 atom stereocenters. The number of morpholine rings is 1.